The molecule has 0 bridgehead atoms. The summed E-state index contributed by atoms with van der Waals surface area (Å²) in [5, 5.41) is 2.79. The third kappa shape index (κ3) is 5.20. The summed E-state index contributed by atoms with van der Waals surface area (Å²) in [6, 6.07) is -0.0591. The first-order valence-corrected chi connectivity index (χ1v) is 3.33. The molecule has 1 amide bonds. The fourth-order valence-electron chi connectivity index (χ4n) is 0.670. The molecule has 0 fully saturated rings. The van der Waals surface area contributed by atoms with E-state index in [1.807, 2.05) is 6.92 Å². The molecule has 0 aromatic rings. The normalized spacial score (nSPS) is 14.2. The number of rotatable bonds is 3. The third-order valence-electron chi connectivity index (χ3n) is 1.14. The minimum absolute atomic E-state index is 0.0591. The molecule has 0 aliphatic heterocycles. The van der Waals surface area contributed by atoms with E-state index in [1.165, 1.54) is 0 Å². The van der Waals surface area contributed by atoms with Gasteiger partial charge in [0.2, 0.25) is 5.91 Å². The minimum Gasteiger partial charge on any atom is -0.370 e. The lowest BCUT2D eigenvalue weighted by molar-refractivity contribution is -0.118. The molecule has 0 aromatic heterocycles. The van der Waals surface area contributed by atoms with E-state index in [1.54, 1.807) is 7.05 Å². The van der Waals surface area contributed by atoms with Crippen molar-refractivity contribution in [2.24, 2.45) is 16.5 Å². The van der Waals surface area contributed by atoms with Crippen molar-refractivity contribution in [2.45, 2.75) is 19.4 Å². The Morgan fingerprint density at radius 3 is 2.55 bits per heavy atom. The van der Waals surface area contributed by atoms with Gasteiger partial charge in [0.15, 0.2) is 5.96 Å². The summed E-state index contributed by atoms with van der Waals surface area (Å²) in [5.41, 5.74) is 10.3. The number of nitrogens with zero attached hydrogens (tertiary/aromatic N) is 1. The lowest BCUT2D eigenvalue weighted by Crippen LogP contribution is -2.40. The van der Waals surface area contributed by atoms with Gasteiger partial charge in [-0.25, -0.2) is 0 Å². The van der Waals surface area contributed by atoms with Crippen molar-refractivity contribution in [1.82, 2.24) is 5.32 Å². The van der Waals surface area contributed by atoms with Crippen LogP contribution in [-0.4, -0.2) is 25.0 Å². The number of hydrogen-bond donors (Lipinski definition) is 3. The summed E-state index contributed by atoms with van der Waals surface area (Å²) in [4.78, 5) is 14.0. The molecule has 1 atom stereocenters. The second-order valence-corrected chi connectivity index (χ2v) is 2.32. The van der Waals surface area contributed by atoms with Crippen LogP contribution >= 0.6 is 0 Å². The quantitative estimate of drug-likeness (QED) is 0.355. The molecule has 5 nitrogen and oxygen atoms in total. The van der Waals surface area contributed by atoms with Crippen molar-refractivity contribution in [3.63, 3.8) is 0 Å². The predicted octanol–water partition coefficient (Wildman–Crippen LogP) is -1.22. The third-order valence-corrected chi connectivity index (χ3v) is 1.14. The van der Waals surface area contributed by atoms with Crippen LogP contribution in [0.15, 0.2) is 4.99 Å². The Kier molecular flexibility index (Phi) is 4.02. The van der Waals surface area contributed by atoms with Gasteiger partial charge in [0.25, 0.3) is 0 Å². The summed E-state index contributed by atoms with van der Waals surface area (Å²) >= 11 is 0. The van der Waals surface area contributed by atoms with E-state index in [0.29, 0.717) is 5.96 Å². The van der Waals surface area contributed by atoms with Crippen LogP contribution in [0.3, 0.4) is 0 Å². The molecular weight excluding hydrogens is 144 g/mol. The summed E-state index contributed by atoms with van der Waals surface area (Å²) in [6.45, 7) is 1.81. The van der Waals surface area contributed by atoms with Gasteiger partial charge in [0.1, 0.15) is 0 Å². The van der Waals surface area contributed by atoms with E-state index in [4.69, 9.17) is 11.5 Å². The average molecular weight is 158 g/mol. The van der Waals surface area contributed by atoms with Crippen molar-refractivity contribution in [3.8, 4) is 0 Å². The van der Waals surface area contributed by atoms with Crippen molar-refractivity contribution in [2.75, 3.05) is 7.05 Å². The highest BCUT2D eigenvalue weighted by Gasteiger charge is 2.04. The zero-order valence-electron chi connectivity index (χ0n) is 6.79. The molecule has 11 heavy (non-hydrogen) atoms. The largest absolute Gasteiger partial charge is 0.370 e. The van der Waals surface area contributed by atoms with Crippen molar-refractivity contribution < 1.29 is 4.79 Å². The summed E-state index contributed by atoms with van der Waals surface area (Å²) in [7, 11) is 1.57. The molecule has 0 heterocycles. The summed E-state index contributed by atoms with van der Waals surface area (Å²) < 4.78 is 0. The van der Waals surface area contributed by atoms with Gasteiger partial charge in [-0.2, -0.15) is 0 Å². The number of primary amides is 1. The first-order chi connectivity index (χ1) is 5.06. The average Bonchev–Trinajstić information content (AvgIpc) is 1.85. The van der Waals surface area contributed by atoms with Gasteiger partial charge >= 0.3 is 0 Å². The van der Waals surface area contributed by atoms with Crippen LogP contribution in [0, 0.1) is 0 Å². The van der Waals surface area contributed by atoms with Crippen LogP contribution in [0.2, 0.25) is 0 Å². The number of nitrogens with one attached hydrogen (secondary N) is 1. The predicted molar refractivity (Wildman–Crippen MR) is 44.0 cm³/mol. The summed E-state index contributed by atoms with van der Waals surface area (Å²) in [6.07, 6.45) is 0.260. The smallest absolute Gasteiger partial charge is 0.219 e. The highest BCUT2D eigenvalue weighted by Crippen LogP contribution is 1.86. The number of aliphatic imine (C=N–C) groups is 1. The second kappa shape index (κ2) is 4.54. The maximum atomic E-state index is 10.4. The first kappa shape index (κ1) is 9.74. The van der Waals surface area contributed by atoms with Crippen LogP contribution in [0.1, 0.15) is 13.3 Å². The topological polar surface area (TPSA) is 93.5 Å². The number of guanidine groups is 1. The maximum Gasteiger partial charge on any atom is 0.219 e. The van der Waals surface area contributed by atoms with Gasteiger partial charge in [-0.15, -0.1) is 0 Å². The van der Waals surface area contributed by atoms with E-state index in [-0.39, 0.29) is 18.4 Å². The van der Waals surface area contributed by atoms with Crippen LogP contribution in [0.4, 0.5) is 0 Å². The van der Waals surface area contributed by atoms with E-state index >= 15 is 0 Å². The molecular formula is C6H14N4O. The Labute approximate surface area is 65.9 Å². The lowest BCUT2D eigenvalue weighted by atomic mass is 10.2. The highest BCUT2D eigenvalue weighted by atomic mass is 16.1. The van der Waals surface area contributed by atoms with Gasteiger partial charge in [-0.05, 0) is 6.92 Å². The molecule has 5 N–H and O–H groups in total. The Balaban J connectivity index is 3.69. The lowest BCUT2D eigenvalue weighted by Gasteiger charge is -2.11. The second-order valence-electron chi connectivity index (χ2n) is 2.32. The molecule has 0 radical (unpaired) electrons. The SMILES string of the molecule is CN=C(N)NC(C)CC(N)=O. The van der Waals surface area contributed by atoms with Crippen LogP contribution < -0.4 is 16.8 Å². The molecule has 0 spiro atoms. The number of amides is 1. The highest BCUT2D eigenvalue weighted by molar-refractivity contribution is 5.79. The number of carbonyl (C=O) groups excluding carboxylic acids is 1. The molecule has 0 aliphatic rings. The van der Waals surface area contributed by atoms with E-state index in [9.17, 15) is 4.79 Å². The Morgan fingerprint density at radius 1 is 1.64 bits per heavy atom. The monoisotopic (exact) mass is 158 g/mol. The van der Waals surface area contributed by atoms with E-state index in [2.05, 4.69) is 10.3 Å². The zero-order valence-corrected chi connectivity index (χ0v) is 6.79. The molecule has 64 valence electrons. The fourth-order valence-corrected chi connectivity index (χ4v) is 0.670. The molecule has 5 heteroatoms. The number of carbonyl (C=O) groups is 1. The Hall–Kier alpha value is -1.26. The van der Waals surface area contributed by atoms with Crippen LogP contribution in [0.25, 0.3) is 0 Å². The Morgan fingerprint density at radius 2 is 2.18 bits per heavy atom. The van der Waals surface area contributed by atoms with Gasteiger partial charge < -0.3 is 16.8 Å². The van der Waals surface area contributed by atoms with Crippen molar-refractivity contribution in [3.05, 3.63) is 0 Å². The van der Waals surface area contributed by atoms with Gasteiger partial charge in [-0.3, -0.25) is 9.79 Å². The molecule has 0 saturated heterocycles. The molecule has 1 unspecified atom stereocenters. The standard InChI is InChI=1S/C6H14N4O/c1-4(3-5(7)11)10-6(8)9-2/h4H,3H2,1-2H3,(H2,7,11)(H3,8,9,10). The van der Waals surface area contributed by atoms with Gasteiger partial charge in [0, 0.05) is 19.5 Å². The molecule has 0 aromatic carbocycles. The maximum absolute atomic E-state index is 10.4. The zero-order chi connectivity index (χ0) is 8.85. The van der Waals surface area contributed by atoms with Crippen molar-refractivity contribution >= 4 is 11.9 Å². The van der Waals surface area contributed by atoms with Crippen LogP contribution in [0.5, 0.6) is 0 Å². The number of nitrogens with two attached hydrogens (primary N) is 2. The minimum atomic E-state index is -0.353. The van der Waals surface area contributed by atoms with E-state index in [0.717, 1.165) is 0 Å². The van der Waals surface area contributed by atoms with Gasteiger partial charge in [0.05, 0.1) is 0 Å². The fraction of sp³-hybridized carbons (Fsp3) is 0.667. The van der Waals surface area contributed by atoms with E-state index < -0.39 is 0 Å². The Bertz CT molecular complexity index is 166. The first-order valence-electron chi connectivity index (χ1n) is 3.33. The van der Waals surface area contributed by atoms with Crippen molar-refractivity contribution in [1.29, 1.82) is 0 Å². The summed E-state index contributed by atoms with van der Waals surface area (Å²) in [5.74, 6) is -0.0346. The molecule has 0 rings (SSSR count). The van der Waals surface area contributed by atoms with Crippen LogP contribution in [-0.2, 0) is 4.79 Å². The number of hydrogen-bond acceptors (Lipinski definition) is 2. The molecule has 0 aliphatic carbocycles. The van der Waals surface area contributed by atoms with Gasteiger partial charge in [-0.1, -0.05) is 0 Å². The molecule has 0 saturated carbocycles.